The normalized spacial score (nSPS) is 14.1. The Kier molecular flexibility index (Phi) is 6.55. The summed E-state index contributed by atoms with van der Waals surface area (Å²) in [4.78, 5) is 11.7. The average molecular weight is 301 g/mol. The van der Waals surface area contributed by atoms with Crippen LogP contribution in [-0.2, 0) is 9.53 Å². The van der Waals surface area contributed by atoms with E-state index in [1.807, 2.05) is 13.8 Å². The van der Waals surface area contributed by atoms with Crippen molar-refractivity contribution in [3.63, 3.8) is 0 Å². The fourth-order valence-corrected chi connectivity index (χ4v) is 2.06. The molecule has 0 amide bonds. The fourth-order valence-electron chi connectivity index (χ4n) is 2.06. The quantitative estimate of drug-likeness (QED) is 0.786. The van der Waals surface area contributed by atoms with Crippen molar-refractivity contribution in [2.75, 3.05) is 7.11 Å². The van der Waals surface area contributed by atoms with Crippen LogP contribution in [0.4, 0.5) is 8.78 Å². The monoisotopic (exact) mass is 301 g/mol. The zero-order chi connectivity index (χ0) is 16.0. The van der Waals surface area contributed by atoms with Gasteiger partial charge in [-0.15, -0.1) is 0 Å². The van der Waals surface area contributed by atoms with E-state index in [1.54, 1.807) is 25.1 Å². The lowest BCUT2D eigenvalue weighted by Gasteiger charge is -2.25. The molecule has 6 heteroatoms. The minimum absolute atomic E-state index is 0.00285. The predicted octanol–water partition coefficient (Wildman–Crippen LogP) is 3.14. The lowest BCUT2D eigenvalue weighted by atomic mass is 10.0. The van der Waals surface area contributed by atoms with E-state index in [1.165, 1.54) is 13.2 Å². The van der Waals surface area contributed by atoms with Crippen molar-refractivity contribution < 1.29 is 23.0 Å². The highest BCUT2D eigenvalue weighted by atomic mass is 19.3. The van der Waals surface area contributed by atoms with Crippen LogP contribution in [-0.4, -0.2) is 25.7 Å². The number of alkyl halides is 2. The summed E-state index contributed by atoms with van der Waals surface area (Å²) in [6.45, 7) is 2.65. The molecule has 0 aliphatic rings. The molecule has 0 heterocycles. The number of carbonyl (C=O) groups excluding carboxylic acids is 1. The number of methoxy groups -OCH3 is 1. The molecule has 1 N–H and O–H groups in total. The third kappa shape index (κ3) is 4.97. The van der Waals surface area contributed by atoms with Gasteiger partial charge in [-0.25, -0.2) is 0 Å². The summed E-state index contributed by atoms with van der Waals surface area (Å²) in [6, 6.07) is 5.64. The second-order valence-electron chi connectivity index (χ2n) is 5.05. The first-order valence-electron chi connectivity index (χ1n) is 6.74. The van der Waals surface area contributed by atoms with Crippen molar-refractivity contribution in [2.24, 2.45) is 5.92 Å². The van der Waals surface area contributed by atoms with Crippen LogP contribution in [0, 0.1) is 5.92 Å². The summed E-state index contributed by atoms with van der Waals surface area (Å²) in [5, 5.41) is 3.10. The van der Waals surface area contributed by atoms with Crippen LogP contribution in [0.1, 0.15) is 32.4 Å². The van der Waals surface area contributed by atoms with Gasteiger partial charge in [0.25, 0.3) is 0 Å². The van der Waals surface area contributed by atoms with Gasteiger partial charge in [-0.1, -0.05) is 32.0 Å². The maximum atomic E-state index is 12.4. The van der Waals surface area contributed by atoms with Crippen LogP contribution in [0.25, 0.3) is 0 Å². The number of para-hydroxylation sites is 1. The number of rotatable bonds is 7. The molecule has 1 unspecified atom stereocenters. The minimum Gasteiger partial charge on any atom is -0.468 e. The van der Waals surface area contributed by atoms with E-state index in [0.717, 1.165) is 0 Å². The van der Waals surface area contributed by atoms with Crippen molar-refractivity contribution >= 4 is 5.97 Å². The second kappa shape index (κ2) is 7.93. The fraction of sp³-hybridized carbons (Fsp3) is 0.533. The number of esters is 1. The molecule has 2 atom stereocenters. The van der Waals surface area contributed by atoms with E-state index in [2.05, 4.69) is 10.1 Å². The molecule has 118 valence electrons. The van der Waals surface area contributed by atoms with E-state index >= 15 is 0 Å². The number of benzene rings is 1. The molecule has 0 radical (unpaired) electrons. The molecule has 1 aromatic rings. The van der Waals surface area contributed by atoms with Crippen LogP contribution in [0.3, 0.4) is 0 Å². The lowest BCUT2D eigenvalue weighted by molar-refractivity contribution is -0.144. The Labute approximate surface area is 123 Å². The molecule has 0 fully saturated rings. The van der Waals surface area contributed by atoms with Gasteiger partial charge in [0.15, 0.2) is 0 Å². The third-order valence-electron chi connectivity index (χ3n) is 3.15. The SMILES string of the molecule is COC(=O)[C@@H](NC(C)c1ccccc1OC(F)F)C(C)C. The molecule has 21 heavy (non-hydrogen) atoms. The van der Waals surface area contributed by atoms with Gasteiger partial charge in [0, 0.05) is 11.6 Å². The summed E-state index contributed by atoms with van der Waals surface area (Å²) in [5.41, 5.74) is 0.562. The number of halogens is 2. The van der Waals surface area contributed by atoms with Crippen molar-refractivity contribution in [3.8, 4) is 5.75 Å². The number of hydrogen-bond acceptors (Lipinski definition) is 4. The summed E-state index contributed by atoms with van der Waals surface area (Å²) in [7, 11) is 1.32. The first-order valence-corrected chi connectivity index (χ1v) is 6.74. The number of hydrogen-bond donors (Lipinski definition) is 1. The highest BCUT2D eigenvalue weighted by Crippen LogP contribution is 2.27. The van der Waals surface area contributed by atoms with Gasteiger partial charge < -0.3 is 9.47 Å². The van der Waals surface area contributed by atoms with Gasteiger partial charge in [0.2, 0.25) is 0 Å². The number of nitrogens with one attached hydrogen (secondary N) is 1. The molecule has 1 rings (SSSR count). The molecular formula is C15H21F2NO3. The maximum Gasteiger partial charge on any atom is 0.387 e. The van der Waals surface area contributed by atoms with Crippen LogP contribution in [0.15, 0.2) is 24.3 Å². The third-order valence-corrected chi connectivity index (χ3v) is 3.15. The zero-order valence-electron chi connectivity index (χ0n) is 12.6. The van der Waals surface area contributed by atoms with E-state index in [-0.39, 0.29) is 23.7 Å². The summed E-state index contributed by atoms with van der Waals surface area (Å²) < 4.78 is 34.1. The highest BCUT2D eigenvalue weighted by Gasteiger charge is 2.26. The molecule has 0 saturated heterocycles. The van der Waals surface area contributed by atoms with E-state index < -0.39 is 12.7 Å². The molecule has 0 spiro atoms. The van der Waals surface area contributed by atoms with E-state index in [4.69, 9.17) is 4.74 Å². The predicted molar refractivity (Wildman–Crippen MR) is 75.3 cm³/mol. The van der Waals surface area contributed by atoms with Crippen molar-refractivity contribution in [1.29, 1.82) is 0 Å². The highest BCUT2D eigenvalue weighted by molar-refractivity contribution is 5.76. The number of ether oxygens (including phenoxy) is 2. The van der Waals surface area contributed by atoms with Gasteiger partial charge in [-0.2, -0.15) is 8.78 Å². The van der Waals surface area contributed by atoms with Crippen molar-refractivity contribution in [3.05, 3.63) is 29.8 Å². The molecule has 0 bridgehead atoms. The maximum absolute atomic E-state index is 12.4. The van der Waals surface area contributed by atoms with Crippen LogP contribution in [0.2, 0.25) is 0 Å². The van der Waals surface area contributed by atoms with Gasteiger partial charge in [-0.3, -0.25) is 10.1 Å². The first kappa shape index (κ1) is 17.4. The van der Waals surface area contributed by atoms with Gasteiger partial charge in [0.1, 0.15) is 11.8 Å². The van der Waals surface area contributed by atoms with Crippen molar-refractivity contribution in [1.82, 2.24) is 5.32 Å². The summed E-state index contributed by atoms with van der Waals surface area (Å²) in [6.07, 6.45) is 0. The topological polar surface area (TPSA) is 47.6 Å². The molecule has 1 aromatic carbocycles. The largest absolute Gasteiger partial charge is 0.468 e. The lowest BCUT2D eigenvalue weighted by Crippen LogP contribution is -2.43. The Hall–Kier alpha value is -1.69. The van der Waals surface area contributed by atoms with Crippen molar-refractivity contribution in [2.45, 2.75) is 39.5 Å². The van der Waals surface area contributed by atoms with Crippen LogP contribution >= 0.6 is 0 Å². The molecule has 0 saturated carbocycles. The molecule has 0 aliphatic heterocycles. The summed E-state index contributed by atoms with van der Waals surface area (Å²) in [5.74, 6) is -0.285. The smallest absolute Gasteiger partial charge is 0.387 e. The Balaban J connectivity index is 2.92. The van der Waals surface area contributed by atoms with Gasteiger partial charge in [0.05, 0.1) is 7.11 Å². The van der Waals surface area contributed by atoms with Gasteiger partial charge in [-0.05, 0) is 18.9 Å². The van der Waals surface area contributed by atoms with Crippen LogP contribution < -0.4 is 10.1 Å². The molecule has 0 aromatic heterocycles. The standard InChI is InChI=1S/C15H21F2NO3/c1-9(2)13(14(19)20-4)18-10(3)11-7-5-6-8-12(11)21-15(16)17/h5-10,13,15,18H,1-4H3/t10?,13-/m0/s1. The second-order valence-corrected chi connectivity index (χ2v) is 5.05. The molecule has 4 nitrogen and oxygen atoms in total. The van der Waals surface area contributed by atoms with E-state index in [9.17, 15) is 13.6 Å². The molecule has 0 aliphatic carbocycles. The molecular weight excluding hydrogens is 280 g/mol. The zero-order valence-corrected chi connectivity index (χ0v) is 12.6. The van der Waals surface area contributed by atoms with Crippen LogP contribution in [0.5, 0.6) is 5.75 Å². The number of carbonyl (C=O) groups is 1. The Morgan fingerprint density at radius 3 is 2.33 bits per heavy atom. The minimum atomic E-state index is -2.89. The average Bonchev–Trinajstić information content (AvgIpc) is 2.43. The Morgan fingerprint density at radius 2 is 1.81 bits per heavy atom. The Bertz CT molecular complexity index is 466. The Morgan fingerprint density at radius 1 is 1.19 bits per heavy atom. The van der Waals surface area contributed by atoms with Gasteiger partial charge >= 0.3 is 12.6 Å². The first-order chi connectivity index (χ1) is 9.86. The summed E-state index contributed by atoms with van der Waals surface area (Å²) >= 11 is 0. The van der Waals surface area contributed by atoms with E-state index in [0.29, 0.717) is 5.56 Å².